The second-order valence-electron chi connectivity index (χ2n) is 3.17. The summed E-state index contributed by atoms with van der Waals surface area (Å²) in [5.74, 6) is 1.01. The van der Waals surface area contributed by atoms with Gasteiger partial charge in [0.2, 0.25) is 0 Å². The summed E-state index contributed by atoms with van der Waals surface area (Å²) in [6.45, 7) is 2.07. The van der Waals surface area contributed by atoms with Crippen molar-refractivity contribution in [2.45, 2.75) is 13.3 Å². The number of imidazole rings is 1. The largest absolute Gasteiger partial charge is 0.304 e. The summed E-state index contributed by atoms with van der Waals surface area (Å²) in [5.41, 5.74) is 0.985. The predicted octanol–water partition coefficient (Wildman–Crippen LogP) is 4.16. The molecular weight excluding hydrogens is 266 g/mol. The van der Waals surface area contributed by atoms with Gasteiger partial charge in [-0.15, -0.1) is 12.4 Å². The third kappa shape index (κ3) is 2.51. The number of hydrogen-bond donors (Lipinski definition) is 0. The SMILES string of the molecule is CCc1nccn1-c1ccc(Cl)c(Cl)c1.Cl. The average molecular weight is 278 g/mol. The summed E-state index contributed by atoms with van der Waals surface area (Å²) in [7, 11) is 0. The van der Waals surface area contributed by atoms with E-state index in [1.54, 1.807) is 12.3 Å². The lowest BCUT2D eigenvalue weighted by Gasteiger charge is -2.07. The summed E-state index contributed by atoms with van der Waals surface area (Å²) >= 11 is 11.8. The molecule has 0 amide bonds. The minimum atomic E-state index is 0. The van der Waals surface area contributed by atoms with Gasteiger partial charge in [-0.2, -0.15) is 0 Å². The molecular formula is C11H11Cl3N2. The van der Waals surface area contributed by atoms with Gasteiger partial charge in [-0.1, -0.05) is 30.1 Å². The Kier molecular flexibility index (Phi) is 4.66. The van der Waals surface area contributed by atoms with Crippen molar-refractivity contribution >= 4 is 35.6 Å². The zero-order valence-corrected chi connectivity index (χ0v) is 11.0. The lowest BCUT2D eigenvalue weighted by Crippen LogP contribution is -1.98. The van der Waals surface area contributed by atoms with Crippen molar-refractivity contribution in [2.24, 2.45) is 0 Å². The third-order valence-corrected chi connectivity index (χ3v) is 2.95. The molecule has 2 rings (SSSR count). The summed E-state index contributed by atoms with van der Waals surface area (Å²) in [6.07, 6.45) is 4.58. The first kappa shape index (κ1) is 13.4. The van der Waals surface area contributed by atoms with E-state index in [0.29, 0.717) is 10.0 Å². The fraction of sp³-hybridized carbons (Fsp3) is 0.182. The van der Waals surface area contributed by atoms with Crippen molar-refractivity contribution in [3.05, 3.63) is 46.5 Å². The van der Waals surface area contributed by atoms with E-state index in [2.05, 4.69) is 11.9 Å². The average Bonchev–Trinajstić information content (AvgIpc) is 2.70. The molecule has 0 aliphatic rings. The first-order valence-corrected chi connectivity index (χ1v) is 5.45. The van der Waals surface area contributed by atoms with E-state index in [4.69, 9.17) is 23.2 Å². The molecule has 0 spiro atoms. The summed E-state index contributed by atoms with van der Waals surface area (Å²) in [6, 6.07) is 5.55. The first-order valence-electron chi connectivity index (χ1n) is 4.70. The standard InChI is InChI=1S/C11H10Cl2N2.ClH/c1-2-11-14-5-6-15(11)8-3-4-9(12)10(13)7-8;/h3-7H,2H2,1H3;1H. The highest BCUT2D eigenvalue weighted by Gasteiger charge is 2.04. The molecule has 1 aromatic carbocycles. The Hall–Kier alpha value is -0.700. The van der Waals surface area contributed by atoms with Crippen LogP contribution in [-0.2, 0) is 6.42 Å². The molecule has 16 heavy (non-hydrogen) atoms. The van der Waals surface area contributed by atoms with Gasteiger partial charge >= 0.3 is 0 Å². The van der Waals surface area contributed by atoms with E-state index in [1.165, 1.54) is 0 Å². The number of rotatable bonds is 2. The molecule has 0 saturated heterocycles. The first-order chi connectivity index (χ1) is 7.22. The topological polar surface area (TPSA) is 17.8 Å². The van der Waals surface area contributed by atoms with Crippen molar-refractivity contribution in [3.63, 3.8) is 0 Å². The van der Waals surface area contributed by atoms with Crippen LogP contribution in [0, 0.1) is 0 Å². The monoisotopic (exact) mass is 276 g/mol. The van der Waals surface area contributed by atoms with E-state index >= 15 is 0 Å². The van der Waals surface area contributed by atoms with E-state index in [9.17, 15) is 0 Å². The fourth-order valence-corrected chi connectivity index (χ4v) is 1.76. The van der Waals surface area contributed by atoms with E-state index in [0.717, 1.165) is 17.9 Å². The Labute approximate surface area is 111 Å². The normalized spacial score (nSPS) is 9.94. The molecule has 2 nitrogen and oxygen atoms in total. The second kappa shape index (κ2) is 5.58. The lowest BCUT2D eigenvalue weighted by atomic mass is 10.3. The maximum absolute atomic E-state index is 5.96. The molecule has 5 heteroatoms. The van der Waals surface area contributed by atoms with E-state index in [1.807, 2.05) is 22.9 Å². The molecule has 0 saturated carbocycles. The Balaban J connectivity index is 0.00000128. The van der Waals surface area contributed by atoms with Gasteiger partial charge in [0.1, 0.15) is 5.82 Å². The van der Waals surface area contributed by atoms with Crippen LogP contribution in [-0.4, -0.2) is 9.55 Å². The fourth-order valence-electron chi connectivity index (χ4n) is 1.47. The molecule has 0 aliphatic heterocycles. The zero-order chi connectivity index (χ0) is 10.8. The highest BCUT2D eigenvalue weighted by Crippen LogP contribution is 2.24. The molecule has 0 bridgehead atoms. The quantitative estimate of drug-likeness (QED) is 0.806. The van der Waals surface area contributed by atoms with Gasteiger partial charge in [-0.25, -0.2) is 4.98 Å². The van der Waals surface area contributed by atoms with E-state index in [-0.39, 0.29) is 12.4 Å². The minimum absolute atomic E-state index is 0. The Morgan fingerprint density at radius 3 is 2.62 bits per heavy atom. The van der Waals surface area contributed by atoms with Crippen molar-refractivity contribution < 1.29 is 0 Å². The highest BCUT2D eigenvalue weighted by molar-refractivity contribution is 6.42. The van der Waals surface area contributed by atoms with Crippen LogP contribution in [0.15, 0.2) is 30.6 Å². The second-order valence-corrected chi connectivity index (χ2v) is 3.98. The number of nitrogens with zero attached hydrogens (tertiary/aromatic N) is 2. The molecule has 0 radical (unpaired) electrons. The smallest absolute Gasteiger partial charge is 0.112 e. The van der Waals surface area contributed by atoms with Crippen molar-refractivity contribution in [1.29, 1.82) is 0 Å². The summed E-state index contributed by atoms with van der Waals surface area (Å²) in [4.78, 5) is 4.25. The lowest BCUT2D eigenvalue weighted by molar-refractivity contribution is 0.891. The van der Waals surface area contributed by atoms with Crippen LogP contribution in [0.1, 0.15) is 12.7 Å². The van der Waals surface area contributed by atoms with Gasteiger partial charge in [-0.3, -0.25) is 0 Å². The molecule has 0 fully saturated rings. The Morgan fingerprint density at radius 2 is 2.00 bits per heavy atom. The van der Waals surface area contributed by atoms with Crippen LogP contribution >= 0.6 is 35.6 Å². The number of benzene rings is 1. The highest BCUT2D eigenvalue weighted by atomic mass is 35.5. The Morgan fingerprint density at radius 1 is 1.25 bits per heavy atom. The van der Waals surface area contributed by atoms with Crippen LogP contribution < -0.4 is 0 Å². The van der Waals surface area contributed by atoms with Crippen LogP contribution in [0.25, 0.3) is 5.69 Å². The van der Waals surface area contributed by atoms with Gasteiger partial charge in [0.15, 0.2) is 0 Å². The van der Waals surface area contributed by atoms with Gasteiger partial charge in [-0.05, 0) is 18.2 Å². The maximum Gasteiger partial charge on any atom is 0.112 e. The molecule has 1 aromatic heterocycles. The number of aryl methyl sites for hydroxylation is 1. The third-order valence-electron chi connectivity index (χ3n) is 2.21. The zero-order valence-electron chi connectivity index (χ0n) is 8.65. The molecule has 0 aliphatic carbocycles. The van der Waals surface area contributed by atoms with Crippen LogP contribution in [0.3, 0.4) is 0 Å². The van der Waals surface area contributed by atoms with E-state index < -0.39 is 0 Å². The van der Waals surface area contributed by atoms with Crippen LogP contribution in [0.5, 0.6) is 0 Å². The molecule has 86 valence electrons. The summed E-state index contributed by atoms with van der Waals surface area (Å²) in [5, 5.41) is 1.13. The molecule has 0 atom stereocenters. The Bertz CT molecular complexity index is 480. The summed E-state index contributed by atoms with van der Waals surface area (Å²) < 4.78 is 2.00. The number of halogens is 3. The van der Waals surface area contributed by atoms with Gasteiger partial charge in [0.25, 0.3) is 0 Å². The minimum Gasteiger partial charge on any atom is -0.304 e. The molecule has 2 aromatic rings. The molecule has 0 N–H and O–H groups in total. The van der Waals surface area contributed by atoms with Crippen molar-refractivity contribution in [2.75, 3.05) is 0 Å². The van der Waals surface area contributed by atoms with Gasteiger partial charge in [0.05, 0.1) is 10.0 Å². The molecule has 0 unspecified atom stereocenters. The van der Waals surface area contributed by atoms with Crippen molar-refractivity contribution in [1.82, 2.24) is 9.55 Å². The van der Waals surface area contributed by atoms with Crippen LogP contribution in [0.4, 0.5) is 0 Å². The molecule has 1 heterocycles. The van der Waals surface area contributed by atoms with Crippen LogP contribution in [0.2, 0.25) is 10.0 Å². The maximum atomic E-state index is 5.96. The van der Waals surface area contributed by atoms with Gasteiger partial charge < -0.3 is 4.57 Å². The van der Waals surface area contributed by atoms with Crippen molar-refractivity contribution in [3.8, 4) is 5.69 Å². The number of aromatic nitrogens is 2. The number of hydrogen-bond acceptors (Lipinski definition) is 1. The predicted molar refractivity (Wildman–Crippen MR) is 70.2 cm³/mol. The van der Waals surface area contributed by atoms with Gasteiger partial charge in [0, 0.05) is 24.5 Å².